The zero-order chi connectivity index (χ0) is 17.3. The van der Waals surface area contributed by atoms with Gasteiger partial charge in [-0.1, -0.05) is 6.92 Å². The van der Waals surface area contributed by atoms with E-state index in [-0.39, 0.29) is 5.95 Å². The average Bonchev–Trinajstić information content (AvgIpc) is 3.30. The molecule has 0 aliphatic heterocycles. The van der Waals surface area contributed by atoms with Crippen LogP contribution in [-0.4, -0.2) is 26.3 Å². The predicted octanol–water partition coefficient (Wildman–Crippen LogP) is 3.52. The molecular formula is C16H20F3N5. The molecule has 3 rings (SSSR count). The fraction of sp³-hybridized carbons (Fsp3) is 0.562. The molecule has 0 aromatic carbocycles. The molecule has 8 heteroatoms. The number of halogens is 3. The summed E-state index contributed by atoms with van der Waals surface area (Å²) >= 11 is 0. The number of alkyl halides is 3. The highest BCUT2D eigenvalue weighted by molar-refractivity contribution is 5.32. The van der Waals surface area contributed by atoms with Gasteiger partial charge >= 0.3 is 6.18 Å². The molecule has 130 valence electrons. The van der Waals surface area contributed by atoms with Gasteiger partial charge in [0.1, 0.15) is 5.69 Å². The van der Waals surface area contributed by atoms with Crippen molar-refractivity contribution in [2.75, 3.05) is 11.4 Å². The van der Waals surface area contributed by atoms with Crippen LogP contribution in [0.4, 0.5) is 19.1 Å². The van der Waals surface area contributed by atoms with Crippen LogP contribution in [0.3, 0.4) is 0 Å². The summed E-state index contributed by atoms with van der Waals surface area (Å²) in [6.45, 7) is 2.93. The molecule has 0 radical (unpaired) electrons. The second kappa shape index (κ2) is 6.41. The Kier molecular flexibility index (Phi) is 4.47. The summed E-state index contributed by atoms with van der Waals surface area (Å²) in [7, 11) is 1.90. The molecule has 1 aliphatic rings. The van der Waals surface area contributed by atoms with Crippen molar-refractivity contribution in [2.45, 2.75) is 44.8 Å². The van der Waals surface area contributed by atoms with Crippen molar-refractivity contribution in [1.29, 1.82) is 0 Å². The lowest BCUT2D eigenvalue weighted by molar-refractivity contribution is -0.141. The van der Waals surface area contributed by atoms with Crippen molar-refractivity contribution in [3.63, 3.8) is 0 Å². The standard InChI is InChI=1S/C16H20F3N5/c1-3-8-24(15-20-7-6-14(21-15)16(17,18)19)10-12-9-13(11-4-5-11)23(2)22-12/h6-7,9,11H,3-5,8,10H2,1-2H3. The minimum atomic E-state index is -4.47. The molecule has 2 heterocycles. The van der Waals surface area contributed by atoms with Crippen LogP contribution in [0.2, 0.25) is 0 Å². The van der Waals surface area contributed by atoms with Crippen molar-refractivity contribution in [3.8, 4) is 0 Å². The summed E-state index contributed by atoms with van der Waals surface area (Å²) in [4.78, 5) is 9.46. The SMILES string of the molecule is CCCN(Cc1cc(C2CC2)n(C)n1)c1nccc(C(F)(F)F)n1. The highest BCUT2D eigenvalue weighted by Crippen LogP contribution is 2.40. The van der Waals surface area contributed by atoms with E-state index in [4.69, 9.17) is 0 Å². The molecule has 24 heavy (non-hydrogen) atoms. The van der Waals surface area contributed by atoms with E-state index in [2.05, 4.69) is 15.1 Å². The maximum atomic E-state index is 12.9. The van der Waals surface area contributed by atoms with Gasteiger partial charge in [0, 0.05) is 31.4 Å². The van der Waals surface area contributed by atoms with E-state index in [1.165, 1.54) is 18.5 Å². The lowest BCUT2D eigenvalue weighted by atomic mass is 10.2. The molecule has 0 saturated heterocycles. The molecule has 0 atom stereocenters. The van der Waals surface area contributed by atoms with Gasteiger partial charge in [-0.2, -0.15) is 18.3 Å². The Morgan fingerprint density at radius 1 is 1.33 bits per heavy atom. The van der Waals surface area contributed by atoms with Crippen LogP contribution >= 0.6 is 0 Å². The molecular weight excluding hydrogens is 319 g/mol. The smallest absolute Gasteiger partial charge is 0.335 e. The van der Waals surface area contributed by atoms with Gasteiger partial charge in [0.05, 0.1) is 12.2 Å². The zero-order valence-electron chi connectivity index (χ0n) is 13.7. The van der Waals surface area contributed by atoms with E-state index in [9.17, 15) is 13.2 Å². The molecule has 0 bridgehead atoms. The average molecular weight is 339 g/mol. The monoisotopic (exact) mass is 339 g/mol. The van der Waals surface area contributed by atoms with Crippen molar-refractivity contribution in [1.82, 2.24) is 19.7 Å². The number of hydrogen-bond acceptors (Lipinski definition) is 4. The van der Waals surface area contributed by atoms with Gasteiger partial charge in [-0.25, -0.2) is 9.97 Å². The van der Waals surface area contributed by atoms with Gasteiger partial charge in [-0.15, -0.1) is 0 Å². The van der Waals surface area contributed by atoms with Crippen molar-refractivity contribution < 1.29 is 13.2 Å². The lowest BCUT2D eigenvalue weighted by Crippen LogP contribution is -2.26. The van der Waals surface area contributed by atoms with E-state index in [1.54, 1.807) is 4.90 Å². The van der Waals surface area contributed by atoms with Gasteiger partial charge < -0.3 is 4.90 Å². The first kappa shape index (κ1) is 16.7. The van der Waals surface area contributed by atoms with Gasteiger partial charge in [0.2, 0.25) is 5.95 Å². The minimum Gasteiger partial charge on any atom is -0.335 e. The normalized spacial score (nSPS) is 14.9. The molecule has 1 saturated carbocycles. The highest BCUT2D eigenvalue weighted by atomic mass is 19.4. The lowest BCUT2D eigenvalue weighted by Gasteiger charge is -2.21. The first-order valence-corrected chi connectivity index (χ1v) is 8.06. The maximum Gasteiger partial charge on any atom is 0.433 e. The summed E-state index contributed by atoms with van der Waals surface area (Å²) in [5, 5.41) is 4.49. The van der Waals surface area contributed by atoms with Crippen LogP contribution in [0.15, 0.2) is 18.3 Å². The Morgan fingerprint density at radius 2 is 2.08 bits per heavy atom. The fourth-order valence-corrected chi connectivity index (χ4v) is 2.76. The number of rotatable bonds is 6. The van der Waals surface area contributed by atoms with Crippen LogP contribution in [0, 0.1) is 0 Å². The Labute approximate surface area is 138 Å². The van der Waals surface area contributed by atoms with E-state index in [1.807, 2.05) is 24.7 Å². The molecule has 0 amide bonds. The van der Waals surface area contributed by atoms with E-state index < -0.39 is 11.9 Å². The van der Waals surface area contributed by atoms with Crippen molar-refractivity contribution in [2.24, 2.45) is 7.05 Å². The third kappa shape index (κ3) is 3.68. The summed E-state index contributed by atoms with van der Waals surface area (Å²) in [6.07, 6.45) is -0.188. The summed E-state index contributed by atoms with van der Waals surface area (Å²) < 4.78 is 40.5. The molecule has 5 nitrogen and oxygen atoms in total. The number of aryl methyl sites for hydroxylation is 1. The zero-order valence-corrected chi connectivity index (χ0v) is 13.7. The summed E-state index contributed by atoms with van der Waals surface area (Å²) in [5.41, 5.74) is 1.09. The van der Waals surface area contributed by atoms with E-state index >= 15 is 0 Å². The summed E-state index contributed by atoms with van der Waals surface area (Å²) in [5.74, 6) is 0.658. The second-order valence-electron chi connectivity index (χ2n) is 6.12. The molecule has 0 N–H and O–H groups in total. The maximum absolute atomic E-state index is 12.9. The van der Waals surface area contributed by atoms with Gasteiger partial charge in [-0.3, -0.25) is 4.68 Å². The molecule has 1 aliphatic carbocycles. The third-order valence-electron chi connectivity index (χ3n) is 4.02. The van der Waals surface area contributed by atoms with E-state index in [0.29, 0.717) is 19.0 Å². The first-order valence-electron chi connectivity index (χ1n) is 8.06. The number of aromatic nitrogens is 4. The Bertz CT molecular complexity index is 706. The Morgan fingerprint density at radius 3 is 2.71 bits per heavy atom. The molecule has 2 aromatic heterocycles. The van der Waals surface area contributed by atoms with Crippen LogP contribution in [0.25, 0.3) is 0 Å². The molecule has 0 spiro atoms. The topological polar surface area (TPSA) is 46.8 Å². The van der Waals surface area contributed by atoms with Crippen LogP contribution in [0.5, 0.6) is 0 Å². The Balaban J connectivity index is 1.83. The molecule has 1 fully saturated rings. The molecule has 2 aromatic rings. The second-order valence-corrected chi connectivity index (χ2v) is 6.12. The van der Waals surface area contributed by atoms with Gasteiger partial charge in [0.15, 0.2) is 0 Å². The third-order valence-corrected chi connectivity index (χ3v) is 4.02. The van der Waals surface area contributed by atoms with Gasteiger partial charge in [-0.05, 0) is 31.4 Å². The largest absolute Gasteiger partial charge is 0.433 e. The van der Waals surface area contributed by atoms with Crippen LogP contribution < -0.4 is 4.90 Å². The number of hydrogen-bond donors (Lipinski definition) is 0. The Hall–Kier alpha value is -2.12. The van der Waals surface area contributed by atoms with Crippen molar-refractivity contribution >= 4 is 5.95 Å². The van der Waals surface area contributed by atoms with Gasteiger partial charge in [0.25, 0.3) is 0 Å². The van der Waals surface area contributed by atoms with Crippen LogP contribution in [-0.2, 0) is 19.8 Å². The van der Waals surface area contributed by atoms with Crippen LogP contribution in [0.1, 0.15) is 49.2 Å². The highest BCUT2D eigenvalue weighted by Gasteiger charge is 2.33. The molecule has 0 unspecified atom stereocenters. The first-order chi connectivity index (χ1) is 11.4. The van der Waals surface area contributed by atoms with E-state index in [0.717, 1.165) is 24.4 Å². The minimum absolute atomic E-state index is 0.0882. The number of anilines is 1. The quantitative estimate of drug-likeness (QED) is 0.808. The number of nitrogens with zero attached hydrogens (tertiary/aromatic N) is 5. The fourth-order valence-electron chi connectivity index (χ4n) is 2.76. The predicted molar refractivity (Wildman–Crippen MR) is 83.6 cm³/mol. The van der Waals surface area contributed by atoms with Crippen molar-refractivity contribution in [3.05, 3.63) is 35.4 Å². The summed E-state index contributed by atoms with van der Waals surface area (Å²) in [6, 6.07) is 2.92.